The predicted molar refractivity (Wildman–Crippen MR) is 79.7 cm³/mol. The van der Waals surface area contributed by atoms with Crippen molar-refractivity contribution in [1.82, 2.24) is 15.5 Å². The summed E-state index contributed by atoms with van der Waals surface area (Å²) in [6, 6.07) is 8.33. The number of amides is 2. The second-order valence-electron chi connectivity index (χ2n) is 5.92. The maximum Gasteiger partial charge on any atom is 0.239 e. The first kappa shape index (κ1) is 14.1. The molecule has 2 aliphatic rings. The zero-order valence-electron chi connectivity index (χ0n) is 12.3. The minimum atomic E-state index is -0.200. The van der Waals surface area contributed by atoms with Gasteiger partial charge in [0.25, 0.3) is 0 Å². The molecule has 0 saturated heterocycles. The zero-order chi connectivity index (χ0) is 14.8. The van der Waals surface area contributed by atoms with Crippen LogP contribution in [0.1, 0.15) is 29.9 Å². The molecule has 5 heteroatoms. The topological polar surface area (TPSA) is 61.4 Å². The third-order valence-corrected chi connectivity index (χ3v) is 4.09. The van der Waals surface area contributed by atoms with Crippen LogP contribution >= 0.6 is 0 Å². The van der Waals surface area contributed by atoms with Crippen molar-refractivity contribution in [3.8, 4) is 0 Å². The Labute approximate surface area is 124 Å². The van der Waals surface area contributed by atoms with Crippen molar-refractivity contribution in [3.63, 3.8) is 0 Å². The Kier molecular flexibility index (Phi) is 3.92. The van der Waals surface area contributed by atoms with Gasteiger partial charge in [0.1, 0.15) is 0 Å². The summed E-state index contributed by atoms with van der Waals surface area (Å²) in [7, 11) is 1.70. The van der Waals surface area contributed by atoms with E-state index in [2.05, 4.69) is 10.6 Å². The molecule has 112 valence electrons. The SMILES string of the molecule is CN(CC(=O)NC1CC1)C(=O)C1CNCc2ccccc21. The van der Waals surface area contributed by atoms with Gasteiger partial charge < -0.3 is 15.5 Å². The van der Waals surface area contributed by atoms with E-state index in [1.54, 1.807) is 7.05 Å². The number of hydrogen-bond donors (Lipinski definition) is 2. The van der Waals surface area contributed by atoms with E-state index < -0.39 is 0 Å². The summed E-state index contributed by atoms with van der Waals surface area (Å²) in [6.07, 6.45) is 2.12. The quantitative estimate of drug-likeness (QED) is 0.853. The highest BCUT2D eigenvalue weighted by molar-refractivity contribution is 5.89. The summed E-state index contributed by atoms with van der Waals surface area (Å²) in [6.45, 7) is 1.56. The molecule has 0 spiro atoms. The Balaban J connectivity index is 1.65. The van der Waals surface area contributed by atoms with Gasteiger partial charge in [-0.1, -0.05) is 24.3 Å². The van der Waals surface area contributed by atoms with E-state index in [0.717, 1.165) is 30.5 Å². The summed E-state index contributed by atoms with van der Waals surface area (Å²) < 4.78 is 0. The van der Waals surface area contributed by atoms with Gasteiger partial charge in [-0.3, -0.25) is 9.59 Å². The third kappa shape index (κ3) is 3.24. The van der Waals surface area contributed by atoms with Gasteiger partial charge in [0.05, 0.1) is 12.5 Å². The number of nitrogens with one attached hydrogen (secondary N) is 2. The Bertz CT molecular complexity index is 554. The molecule has 5 nitrogen and oxygen atoms in total. The van der Waals surface area contributed by atoms with Crippen molar-refractivity contribution in [1.29, 1.82) is 0 Å². The number of nitrogens with zero attached hydrogens (tertiary/aromatic N) is 1. The molecule has 1 aromatic rings. The Morgan fingerprint density at radius 3 is 2.86 bits per heavy atom. The lowest BCUT2D eigenvalue weighted by atomic mass is 9.90. The lowest BCUT2D eigenvalue weighted by Crippen LogP contribution is -2.44. The smallest absolute Gasteiger partial charge is 0.239 e. The van der Waals surface area contributed by atoms with Crippen LogP contribution in [0.15, 0.2) is 24.3 Å². The highest BCUT2D eigenvalue weighted by Gasteiger charge is 2.30. The van der Waals surface area contributed by atoms with Gasteiger partial charge in [0.2, 0.25) is 11.8 Å². The Hall–Kier alpha value is -1.88. The summed E-state index contributed by atoms with van der Waals surface area (Å²) in [5.41, 5.74) is 2.24. The van der Waals surface area contributed by atoms with E-state index in [1.807, 2.05) is 24.3 Å². The molecule has 1 heterocycles. The first-order chi connectivity index (χ1) is 10.1. The van der Waals surface area contributed by atoms with Crippen LogP contribution < -0.4 is 10.6 Å². The van der Waals surface area contributed by atoms with Gasteiger partial charge in [-0.2, -0.15) is 0 Å². The standard InChI is InChI=1S/C16H21N3O2/c1-19(10-15(20)18-12-6-7-12)16(21)14-9-17-8-11-4-2-3-5-13(11)14/h2-5,12,14,17H,6-10H2,1H3,(H,18,20). The molecule has 1 atom stereocenters. The van der Waals surface area contributed by atoms with E-state index in [1.165, 1.54) is 4.90 Å². The van der Waals surface area contributed by atoms with E-state index in [-0.39, 0.29) is 24.3 Å². The van der Waals surface area contributed by atoms with Crippen molar-refractivity contribution in [2.75, 3.05) is 20.1 Å². The van der Waals surface area contributed by atoms with Crippen molar-refractivity contribution >= 4 is 11.8 Å². The van der Waals surface area contributed by atoms with Crippen LogP contribution in [-0.2, 0) is 16.1 Å². The van der Waals surface area contributed by atoms with E-state index in [4.69, 9.17) is 0 Å². The van der Waals surface area contributed by atoms with E-state index in [9.17, 15) is 9.59 Å². The number of carbonyl (C=O) groups excluding carboxylic acids is 2. The fourth-order valence-corrected chi connectivity index (χ4v) is 2.78. The fraction of sp³-hybridized carbons (Fsp3) is 0.500. The number of benzene rings is 1. The first-order valence-electron chi connectivity index (χ1n) is 7.48. The zero-order valence-corrected chi connectivity index (χ0v) is 12.3. The average Bonchev–Trinajstić information content (AvgIpc) is 3.29. The molecule has 1 aliphatic heterocycles. The molecule has 21 heavy (non-hydrogen) atoms. The van der Waals surface area contributed by atoms with Crippen molar-refractivity contribution in [2.45, 2.75) is 31.3 Å². The number of likely N-dealkylation sites (N-methyl/N-ethyl adjacent to an activating group) is 1. The molecule has 3 rings (SSSR count). The molecule has 1 unspecified atom stereocenters. The second kappa shape index (κ2) is 5.85. The largest absolute Gasteiger partial charge is 0.352 e. The molecule has 2 N–H and O–H groups in total. The molecule has 1 fully saturated rings. The normalized spacial score (nSPS) is 20.5. The molecule has 1 aliphatic carbocycles. The Morgan fingerprint density at radius 1 is 1.33 bits per heavy atom. The molecule has 0 radical (unpaired) electrons. The highest BCUT2D eigenvalue weighted by atomic mass is 16.2. The predicted octanol–water partition coefficient (Wildman–Crippen LogP) is 0.610. The molecular weight excluding hydrogens is 266 g/mol. The lowest BCUT2D eigenvalue weighted by Gasteiger charge is -2.29. The minimum Gasteiger partial charge on any atom is -0.352 e. The fourth-order valence-electron chi connectivity index (χ4n) is 2.78. The molecule has 2 amide bonds. The van der Waals surface area contributed by atoms with Crippen molar-refractivity contribution in [3.05, 3.63) is 35.4 Å². The lowest BCUT2D eigenvalue weighted by molar-refractivity contribution is -0.136. The van der Waals surface area contributed by atoms with Crippen LogP contribution in [0.2, 0.25) is 0 Å². The molecule has 0 aromatic heterocycles. The monoisotopic (exact) mass is 287 g/mol. The summed E-state index contributed by atoms with van der Waals surface area (Å²) in [4.78, 5) is 26.0. The van der Waals surface area contributed by atoms with Crippen molar-refractivity contribution in [2.24, 2.45) is 0 Å². The summed E-state index contributed by atoms with van der Waals surface area (Å²) in [5, 5.41) is 6.19. The van der Waals surface area contributed by atoms with Gasteiger partial charge in [-0.15, -0.1) is 0 Å². The minimum absolute atomic E-state index is 0.000553. The molecule has 0 bridgehead atoms. The number of hydrogen-bond acceptors (Lipinski definition) is 3. The van der Waals surface area contributed by atoms with Gasteiger partial charge in [-0.25, -0.2) is 0 Å². The molecular formula is C16H21N3O2. The van der Waals surface area contributed by atoms with Gasteiger partial charge >= 0.3 is 0 Å². The number of carbonyl (C=O) groups is 2. The van der Waals surface area contributed by atoms with Crippen LogP contribution in [-0.4, -0.2) is 42.9 Å². The van der Waals surface area contributed by atoms with Crippen LogP contribution in [0.5, 0.6) is 0 Å². The average molecular weight is 287 g/mol. The van der Waals surface area contributed by atoms with Gasteiger partial charge in [0.15, 0.2) is 0 Å². The van der Waals surface area contributed by atoms with E-state index >= 15 is 0 Å². The second-order valence-corrected chi connectivity index (χ2v) is 5.92. The van der Waals surface area contributed by atoms with Crippen LogP contribution in [0, 0.1) is 0 Å². The third-order valence-electron chi connectivity index (χ3n) is 4.09. The highest BCUT2D eigenvalue weighted by Crippen LogP contribution is 2.25. The summed E-state index contributed by atoms with van der Waals surface area (Å²) in [5.74, 6) is -0.264. The first-order valence-corrected chi connectivity index (χ1v) is 7.48. The maximum absolute atomic E-state index is 12.6. The van der Waals surface area contributed by atoms with Crippen molar-refractivity contribution < 1.29 is 9.59 Å². The summed E-state index contributed by atoms with van der Waals surface area (Å²) >= 11 is 0. The molecule has 1 saturated carbocycles. The maximum atomic E-state index is 12.6. The van der Waals surface area contributed by atoms with Crippen LogP contribution in [0.4, 0.5) is 0 Å². The number of rotatable bonds is 4. The molecule has 1 aromatic carbocycles. The van der Waals surface area contributed by atoms with E-state index in [0.29, 0.717) is 12.6 Å². The van der Waals surface area contributed by atoms with Crippen LogP contribution in [0.25, 0.3) is 0 Å². The van der Waals surface area contributed by atoms with Gasteiger partial charge in [0, 0.05) is 26.2 Å². The number of fused-ring (bicyclic) bond motifs is 1. The van der Waals surface area contributed by atoms with Crippen LogP contribution in [0.3, 0.4) is 0 Å². The van der Waals surface area contributed by atoms with Gasteiger partial charge in [-0.05, 0) is 24.0 Å². The Morgan fingerprint density at radius 2 is 2.10 bits per heavy atom.